The summed E-state index contributed by atoms with van der Waals surface area (Å²) in [4.78, 5) is 0. The fraction of sp³-hybridized carbons (Fsp3) is 0.0714. The quantitative estimate of drug-likeness (QED) is 0.815. The summed E-state index contributed by atoms with van der Waals surface area (Å²) >= 11 is 11.6. The Bertz CT molecular complexity index is 700. The third-order valence-electron chi connectivity index (χ3n) is 2.63. The van der Waals surface area contributed by atoms with Gasteiger partial charge >= 0.3 is 0 Å². The van der Waals surface area contributed by atoms with E-state index in [1.54, 1.807) is 24.3 Å². The van der Waals surface area contributed by atoms with Crippen molar-refractivity contribution >= 4 is 36.5 Å². The van der Waals surface area contributed by atoms with Gasteiger partial charge in [0.15, 0.2) is 0 Å². The van der Waals surface area contributed by atoms with Crippen molar-refractivity contribution in [3.63, 3.8) is 0 Å². The summed E-state index contributed by atoms with van der Waals surface area (Å²) in [5.41, 5.74) is 0.649. The first-order chi connectivity index (χ1) is 9.51. The minimum Gasteiger partial charge on any atom is -0.489 e. The van der Waals surface area contributed by atoms with Crippen LogP contribution >= 0.6 is 23.2 Å². The highest BCUT2D eigenvalue weighted by molar-refractivity contribution is 6.42. The molecule has 0 spiro atoms. The molecule has 0 aromatic heterocycles. The minimum atomic E-state index is -0.630. The first kappa shape index (κ1) is 14.7. The van der Waals surface area contributed by atoms with E-state index in [9.17, 15) is 4.39 Å². The lowest BCUT2D eigenvalue weighted by molar-refractivity contribution is 0.306. The lowest BCUT2D eigenvalue weighted by atomic mass is 9.89. The van der Waals surface area contributed by atoms with Gasteiger partial charge in [-0.3, -0.25) is 0 Å². The molecule has 0 bridgehead atoms. The SMILES string of the molecule is [B]c1cc(C#N)c(F)cc1COc1ccc(Cl)c(Cl)c1. The molecule has 2 radical (unpaired) electrons. The summed E-state index contributed by atoms with van der Waals surface area (Å²) in [5, 5.41) is 9.48. The zero-order valence-electron chi connectivity index (χ0n) is 10.2. The van der Waals surface area contributed by atoms with E-state index in [1.807, 2.05) is 0 Å². The molecule has 0 N–H and O–H groups in total. The molecule has 2 rings (SSSR count). The van der Waals surface area contributed by atoms with Gasteiger partial charge in [-0.2, -0.15) is 5.26 Å². The van der Waals surface area contributed by atoms with Crippen LogP contribution in [0.15, 0.2) is 30.3 Å². The zero-order valence-corrected chi connectivity index (χ0v) is 11.7. The van der Waals surface area contributed by atoms with Gasteiger partial charge in [0.1, 0.15) is 32.1 Å². The first-order valence-corrected chi connectivity index (χ1v) is 6.32. The molecule has 0 fully saturated rings. The van der Waals surface area contributed by atoms with Crippen LogP contribution in [0.3, 0.4) is 0 Å². The highest BCUT2D eigenvalue weighted by Gasteiger charge is 2.08. The van der Waals surface area contributed by atoms with Gasteiger partial charge in [0.05, 0.1) is 15.6 Å². The topological polar surface area (TPSA) is 33.0 Å². The highest BCUT2D eigenvalue weighted by atomic mass is 35.5. The Kier molecular flexibility index (Phi) is 4.54. The fourth-order valence-corrected chi connectivity index (χ4v) is 1.86. The number of rotatable bonds is 3. The molecule has 2 nitrogen and oxygen atoms in total. The molecule has 98 valence electrons. The Balaban J connectivity index is 2.17. The van der Waals surface area contributed by atoms with Crippen LogP contribution in [0.25, 0.3) is 0 Å². The summed E-state index contributed by atoms with van der Waals surface area (Å²) in [7, 11) is 5.74. The maximum atomic E-state index is 13.5. The molecule has 0 heterocycles. The van der Waals surface area contributed by atoms with Crippen molar-refractivity contribution in [2.75, 3.05) is 0 Å². The molecule has 2 aromatic carbocycles. The van der Waals surface area contributed by atoms with Crippen molar-refractivity contribution < 1.29 is 9.13 Å². The predicted molar refractivity (Wildman–Crippen MR) is 77.3 cm³/mol. The van der Waals surface area contributed by atoms with Gasteiger partial charge in [-0.25, -0.2) is 4.39 Å². The normalized spacial score (nSPS) is 10.1. The molecule has 20 heavy (non-hydrogen) atoms. The third kappa shape index (κ3) is 3.25. The number of hydrogen-bond acceptors (Lipinski definition) is 2. The molecule has 0 aliphatic rings. The van der Waals surface area contributed by atoms with Gasteiger partial charge in [0.25, 0.3) is 0 Å². The second-order valence-electron chi connectivity index (χ2n) is 4.01. The van der Waals surface area contributed by atoms with Crippen molar-refractivity contribution in [2.24, 2.45) is 0 Å². The molecule has 0 amide bonds. The van der Waals surface area contributed by atoms with Gasteiger partial charge in [-0.15, -0.1) is 0 Å². The smallest absolute Gasteiger partial charge is 0.141 e. The number of benzene rings is 2. The molecule has 0 atom stereocenters. The maximum Gasteiger partial charge on any atom is 0.141 e. The van der Waals surface area contributed by atoms with Gasteiger partial charge in [0.2, 0.25) is 0 Å². The second kappa shape index (κ2) is 6.17. The van der Waals surface area contributed by atoms with Crippen molar-refractivity contribution in [1.82, 2.24) is 0 Å². The van der Waals surface area contributed by atoms with E-state index in [-0.39, 0.29) is 12.2 Å². The molecule has 0 aliphatic heterocycles. The van der Waals surface area contributed by atoms with Crippen LogP contribution in [0.5, 0.6) is 5.75 Å². The minimum absolute atomic E-state index is 0.0619. The fourth-order valence-electron chi connectivity index (χ4n) is 1.57. The van der Waals surface area contributed by atoms with Crippen LogP contribution in [0.1, 0.15) is 11.1 Å². The first-order valence-electron chi connectivity index (χ1n) is 5.57. The van der Waals surface area contributed by atoms with Crippen molar-refractivity contribution in [2.45, 2.75) is 6.61 Å². The molecular weight excluding hydrogens is 299 g/mol. The van der Waals surface area contributed by atoms with Gasteiger partial charge in [-0.1, -0.05) is 28.7 Å². The van der Waals surface area contributed by atoms with Gasteiger partial charge in [0, 0.05) is 6.07 Å². The summed E-state index contributed by atoms with van der Waals surface area (Å²) in [6.07, 6.45) is 0. The van der Waals surface area contributed by atoms with E-state index in [1.165, 1.54) is 12.1 Å². The van der Waals surface area contributed by atoms with Crippen molar-refractivity contribution in [3.8, 4) is 11.8 Å². The average Bonchev–Trinajstić information content (AvgIpc) is 2.43. The van der Waals surface area contributed by atoms with Crippen LogP contribution in [0.2, 0.25) is 10.0 Å². The van der Waals surface area contributed by atoms with Crippen molar-refractivity contribution in [1.29, 1.82) is 5.26 Å². The van der Waals surface area contributed by atoms with E-state index in [0.29, 0.717) is 26.8 Å². The lowest BCUT2D eigenvalue weighted by Gasteiger charge is -2.10. The predicted octanol–water partition coefficient (Wildman–Crippen LogP) is 3.38. The third-order valence-corrected chi connectivity index (χ3v) is 3.37. The Labute approximate surface area is 127 Å². The Hall–Kier alpha value is -1.70. The van der Waals surface area contributed by atoms with E-state index in [2.05, 4.69) is 0 Å². The number of nitrogens with zero attached hydrogens (tertiary/aromatic N) is 1. The monoisotopic (exact) mass is 305 g/mol. The summed E-state index contributed by atoms with van der Waals surface area (Å²) in [6, 6.07) is 8.99. The van der Waals surface area contributed by atoms with Crippen LogP contribution in [0, 0.1) is 17.1 Å². The Morgan fingerprint density at radius 3 is 2.60 bits per heavy atom. The number of hydrogen-bond donors (Lipinski definition) is 0. The largest absolute Gasteiger partial charge is 0.489 e. The van der Waals surface area contributed by atoms with Gasteiger partial charge < -0.3 is 4.74 Å². The molecule has 6 heteroatoms. The number of nitriles is 1. The molecule has 2 aromatic rings. The van der Waals surface area contributed by atoms with Crippen molar-refractivity contribution in [3.05, 3.63) is 57.3 Å². The van der Waals surface area contributed by atoms with Gasteiger partial charge in [-0.05, 0) is 29.8 Å². The highest BCUT2D eigenvalue weighted by Crippen LogP contribution is 2.26. The summed E-state index contributed by atoms with van der Waals surface area (Å²) in [5.74, 6) is -0.141. The van der Waals surface area contributed by atoms with Crippen LogP contribution in [-0.4, -0.2) is 7.85 Å². The Morgan fingerprint density at radius 1 is 1.20 bits per heavy atom. The summed E-state index contributed by atoms with van der Waals surface area (Å²) in [6.45, 7) is 0.0619. The molecule has 0 saturated heterocycles. The number of halogens is 3. The van der Waals surface area contributed by atoms with E-state index >= 15 is 0 Å². The molecule has 0 aliphatic carbocycles. The summed E-state index contributed by atoms with van der Waals surface area (Å²) < 4.78 is 19.0. The second-order valence-corrected chi connectivity index (χ2v) is 4.82. The van der Waals surface area contributed by atoms with Crippen LogP contribution in [0.4, 0.5) is 4.39 Å². The maximum absolute atomic E-state index is 13.5. The zero-order chi connectivity index (χ0) is 14.7. The van der Waals surface area contributed by atoms with E-state index < -0.39 is 5.82 Å². The average molecular weight is 306 g/mol. The Morgan fingerprint density at radius 2 is 1.95 bits per heavy atom. The van der Waals surface area contributed by atoms with Crippen LogP contribution in [-0.2, 0) is 6.61 Å². The number of ether oxygens (including phenoxy) is 1. The molecule has 0 saturated carbocycles. The van der Waals surface area contributed by atoms with E-state index in [0.717, 1.165) is 0 Å². The molecule has 0 unspecified atom stereocenters. The lowest BCUT2D eigenvalue weighted by Crippen LogP contribution is -2.14. The molecular formula is C14H7BCl2FNO. The standard InChI is InChI=1S/C14H7BCl2FNO/c15-11-3-8(6-19)14(18)4-9(11)7-20-10-1-2-12(16)13(17)5-10/h1-5H,7H2. The van der Waals surface area contributed by atoms with Crippen LogP contribution < -0.4 is 10.2 Å². The van der Waals surface area contributed by atoms with E-state index in [4.69, 9.17) is 41.0 Å².